The molecule has 0 rings (SSSR count). The molecule has 0 fully saturated rings. The van der Waals surface area contributed by atoms with E-state index in [0.29, 0.717) is 92.1 Å². The number of carbonyl (C=O) groups excluding carboxylic acids is 2. The van der Waals surface area contributed by atoms with E-state index >= 15 is 0 Å². The van der Waals surface area contributed by atoms with Crippen LogP contribution in [0.15, 0.2) is 0 Å². The number of amides is 1. The maximum atomic E-state index is 11.0. The van der Waals surface area contributed by atoms with E-state index in [9.17, 15) is 9.59 Å². The average Bonchev–Trinajstić information content (AvgIpc) is 2.78. The van der Waals surface area contributed by atoms with Gasteiger partial charge in [0.1, 0.15) is 6.61 Å². The summed E-state index contributed by atoms with van der Waals surface area (Å²) in [7, 11) is 0. The Morgan fingerprint density at radius 3 is 1.31 bits per heavy atom. The Bertz CT molecular complexity index is 354. The van der Waals surface area contributed by atoms with E-state index in [-0.39, 0.29) is 12.4 Å². The molecule has 0 radical (unpaired) electrons. The van der Waals surface area contributed by atoms with E-state index in [1.165, 1.54) is 0 Å². The number of carbonyl (C=O) groups is 2. The highest BCUT2D eigenvalue weighted by Crippen LogP contribution is 1.86. The summed E-state index contributed by atoms with van der Waals surface area (Å²) in [5.74, 6) is 0.927. The van der Waals surface area contributed by atoms with Gasteiger partial charge in [-0.25, -0.2) is 0 Å². The van der Waals surface area contributed by atoms with Crippen LogP contribution in [0, 0.1) is 5.92 Å². The average molecular weight is 468 g/mol. The maximum Gasteiger partial charge on any atom is 0.207 e. The van der Waals surface area contributed by atoms with Crippen molar-refractivity contribution in [3.05, 3.63) is 0 Å². The van der Waals surface area contributed by atoms with Gasteiger partial charge in [-0.05, 0) is 5.92 Å². The van der Waals surface area contributed by atoms with Crippen molar-refractivity contribution < 1.29 is 38.0 Å². The van der Waals surface area contributed by atoms with Crippen LogP contribution in [0.25, 0.3) is 0 Å². The van der Waals surface area contributed by atoms with Crippen molar-refractivity contribution in [3.8, 4) is 0 Å². The van der Waals surface area contributed by atoms with Crippen LogP contribution in [0.3, 0.4) is 0 Å². The monoisotopic (exact) mass is 467 g/mol. The zero-order chi connectivity index (χ0) is 24.7. The lowest BCUT2D eigenvalue weighted by molar-refractivity contribution is -0.123. The first-order valence-corrected chi connectivity index (χ1v) is 11.7. The number of rotatable bonds is 22. The minimum atomic E-state index is 0.0932. The topological polar surface area (TPSA) is 102 Å². The third-order valence-corrected chi connectivity index (χ3v) is 2.99. The summed E-state index contributed by atoms with van der Waals surface area (Å²) in [4.78, 5) is 21.0. The standard InChI is InChI=1S/C17H33NO8.C4H10.C2H6/c1-2-17(20)15-26-14-13-25-12-11-24-10-9-23-8-7-22-6-5-21-4-3-18-16-19;1-4(2)3;1-2/h16H,2-15H2,1H3,(H,18,19);4H,1-3H3;1-2H3. The van der Waals surface area contributed by atoms with Crippen molar-refractivity contribution in [2.45, 2.75) is 48.0 Å². The smallest absolute Gasteiger partial charge is 0.207 e. The van der Waals surface area contributed by atoms with Crippen LogP contribution < -0.4 is 5.32 Å². The van der Waals surface area contributed by atoms with Crippen LogP contribution >= 0.6 is 0 Å². The van der Waals surface area contributed by atoms with Gasteiger partial charge in [-0.2, -0.15) is 0 Å². The molecular weight excluding hydrogens is 418 g/mol. The summed E-state index contributed by atoms with van der Waals surface area (Å²) in [5.41, 5.74) is 0. The molecule has 0 aromatic heterocycles. The van der Waals surface area contributed by atoms with Crippen molar-refractivity contribution >= 4 is 12.2 Å². The zero-order valence-electron chi connectivity index (χ0n) is 21.3. The molecule has 0 saturated heterocycles. The molecule has 0 aliphatic carbocycles. The Balaban J connectivity index is -0.00000125. The molecule has 0 bridgehead atoms. The molecule has 194 valence electrons. The van der Waals surface area contributed by atoms with Crippen LogP contribution in [0.1, 0.15) is 48.0 Å². The second-order valence-electron chi connectivity index (χ2n) is 6.81. The molecule has 0 spiro atoms. The minimum Gasteiger partial charge on any atom is -0.377 e. The second kappa shape index (κ2) is 34.5. The van der Waals surface area contributed by atoms with Gasteiger partial charge in [-0.1, -0.05) is 41.5 Å². The highest BCUT2D eigenvalue weighted by Gasteiger charge is 1.97. The fraction of sp³-hybridized carbons (Fsp3) is 0.913. The lowest BCUT2D eigenvalue weighted by atomic mass is 10.3. The van der Waals surface area contributed by atoms with Crippen LogP contribution in [0.5, 0.6) is 0 Å². The molecule has 1 amide bonds. The van der Waals surface area contributed by atoms with Crippen LogP contribution in [0.4, 0.5) is 0 Å². The Morgan fingerprint density at radius 1 is 0.688 bits per heavy atom. The number of Topliss-reactive ketones (excluding diaryl/α,β-unsaturated/α-hetero) is 1. The third-order valence-electron chi connectivity index (χ3n) is 2.99. The van der Waals surface area contributed by atoms with Crippen molar-refractivity contribution in [1.29, 1.82) is 0 Å². The van der Waals surface area contributed by atoms with Gasteiger partial charge < -0.3 is 33.7 Å². The third kappa shape index (κ3) is 42.9. The molecule has 0 unspecified atom stereocenters. The Hall–Kier alpha value is -1.10. The summed E-state index contributed by atoms with van der Waals surface area (Å²) in [6.07, 6.45) is 1.14. The molecule has 0 aromatic carbocycles. The lowest BCUT2D eigenvalue weighted by Crippen LogP contribution is -2.19. The first-order valence-electron chi connectivity index (χ1n) is 11.7. The Morgan fingerprint density at radius 2 is 1.00 bits per heavy atom. The van der Waals surface area contributed by atoms with Gasteiger partial charge in [-0.15, -0.1) is 0 Å². The first kappa shape index (κ1) is 35.5. The van der Waals surface area contributed by atoms with E-state index in [4.69, 9.17) is 28.4 Å². The van der Waals surface area contributed by atoms with Crippen molar-refractivity contribution in [2.24, 2.45) is 5.92 Å². The second-order valence-corrected chi connectivity index (χ2v) is 6.81. The minimum absolute atomic E-state index is 0.0932. The van der Waals surface area contributed by atoms with E-state index in [1.807, 2.05) is 20.8 Å². The summed E-state index contributed by atoms with van der Waals surface area (Å²) in [6, 6.07) is 0. The van der Waals surface area contributed by atoms with Gasteiger partial charge in [0.25, 0.3) is 0 Å². The Labute approximate surface area is 195 Å². The molecule has 9 heteroatoms. The van der Waals surface area contributed by atoms with E-state index in [2.05, 4.69) is 26.1 Å². The molecule has 0 aliphatic rings. The molecule has 1 N–H and O–H groups in total. The van der Waals surface area contributed by atoms with Gasteiger partial charge >= 0.3 is 0 Å². The fourth-order valence-corrected chi connectivity index (χ4v) is 1.58. The van der Waals surface area contributed by atoms with Crippen molar-refractivity contribution in [1.82, 2.24) is 5.32 Å². The molecule has 0 aliphatic heterocycles. The number of nitrogens with one attached hydrogen (secondary N) is 1. The quantitative estimate of drug-likeness (QED) is 0.191. The van der Waals surface area contributed by atoms with Crippen LogP contribution in [0.2, 0.25) is 0 Å². The SMILES string of the molecule is CC.CC(C)C.CCC(=O)COCCOCCOCCOCCOCCOCCNC=O. The van der Waals surface area contributed by atoms with E-state index < -0.39 is 0 Å². The predicted octanol–water partition coefficient (Wildman–Crippen LogP) is 2.50. The Kier molecular flexibility index (Phi) is 38.3. The van der Waals surface area contributed by atoms with Gasteiger partial charge in [0.15, 0.2) is 5.78 Å². The van der Waals surface area contributed by atoms with Gasteiger partial charge in [-0.3, -0.25) is 9.59 Å². The largest absolute Gasteiger partial charge is 0.377 e. The number of hydrogen-bond acceptors (Lipinski definition) is 8. The lowest BCUT2D eigenvalue weighted by Gasteiger charge is -2.08. The summed E-state index contributed by atoms with van der Waals surface area (Å²) < 4.78 is 31.7. The predicted molar refractivity (Wildman–Crippen MR) is 126 cm³/mol. The summed E-state index contributed by atoms with van der Waals surface area (Å²) >= 11 is 0. The normalized spacial score (nSPS) is 10.1. The zero-order valence-corrected chi connectivity index (χ0v) is 21.3. The highest BCUT2D eigenvalue weighted by atomic mass is 16.6. The summed E-state index contributed by atoms with van der Waals surface area (Å²) in [5, 5.41) is 2.51. The highest BCUT2D eigenvalue weighted by molar-refractivity contribution is 5.79. The first-order chi connectivity index (χ1) is 15.5. The molecule has 0 atom stereocenters. The number of ether oxygens (including phenoxy) is 6. The molecule has 9 nitrogen and oxygen atoms in total. The number of hydrogen-bond donors (Lipinski definition) is 1. The maximum absolute atomic E-state index is 11.0. The van der Waals surface area contributed by atoms with E-state index in [1.54, 1.807) is 0 Å². The molecule has 0 saturated carbocycles. The summed E-state index contributed by atoms with van der Waals surface area (Å²) in [6.45, 7) is 18.3. The van der Waals surface area contributed by atoms with Crippen LogP contribution in [-0.4, -0.2) is 98.0 Å². The fourth-order valence-electron chi connectivity index (χ4n) is 1.58. The molecule has 0 aromatic rings. The van der Waals surface area contributed by atoms with Gasteiger partial charge in [0.05, 0.1) is 72.7 Å². The van der Waals surface area contributed by atoms with E-state index in [0.717, 1.165) is 5.92 Å². The van der Waals surface area contributed by atoms with Gasteiger partial charge in [0, 0.05) is 13.0 Å². The molecule has 0 heterocycles. The van der Waals surface area contributed by atoms with Crippen molar-refractivity contribution in [3.63, 3.8) is 0 Å². The van der Waals surface area contributed by atoms with Gasteiger partial charge in [0.2, 0.25) is 6.41 Å². The van der Waals surface area contributed by atoms with Crippen molar-refractivity contribution in [2.75, 3.05) is 85.8 Å². The molecular formula is C23H49NO8. The molecule has 32 heavy (non-hydrogen) atoms. The van der Waals surface area contributed by atoms with Crippen LogP contribution in [-0.2, 0) is 38.0 Å². The number of ketones is 1.